The topological polar surface area (TPSA) is 135 Å². The molecule has 8 rings (SSSR count). The van der Waals surface area contributed by atoms with E-state index >= 15 is 0 Å². The molecule has 0 unspecified atom stereocenters. The van der Waals surface area contributed by atoms with E-state index in [4.69, 9.17) is 19.3 Å². The average molecular weight is 864 g/mol. The Morgan fingerprint density at radius 2 is 1.58 bits per heavy atom. The number of benzene rings is 4. The first-order chi connectivity index (χ1) is 30.0. The first-order valence-electron chi connectivity index (χ1n) is 21.5. The van der Waals surface area contributed by atoms with Crippen molar-refractivity contribution < 1.29 is 32.5 Å². The van der Waals surface area contributed by atoms with E-state index in [1.54, 1.807) is 11.4 Å². The van der Waals surface area contributed by atoms with Crippen molar-refractivity contribution in [1.82, 2.24) is 27.9 Å². The first-order valence-corrected chi connectivity index (χ1v) is 22.9. The highest BCUT2D eigenvalue weighted by Gasteiger charge is 2.30. The Balaban J connectivity index is 1.05. The molecule has 2 aromatic heterocycles. The van der Waals surface area contributed by atoms with Gasteiger partial charge < -0.3 is 28.8 Å². The number of hydrogen-bond donors (Lipinski definition) is 1. The second kappa shape index (κ2) is 18.9. The highest BCUT2D eigenvalue weighted by Crippen LogP contribution is 2.39. The Morgan fingerprint density at radius 1 is 0.871 bits per heavy atom. The standard InChI is InChI=1S/C47H57N7O7S/c1-5-49(3)62(57,58)53-25-23-52(24-26-53)36-18-20-37(21-19-36)61-33-42-44(34(2)48-50(42)4)41-15-9-14-39-40(16-10-30-60-43-17-8-12-35-11-6-7-13-38(35)43)46(47(55)56)54(45(39)41)27-22-51-28-31-59-32-29-51/h6-9,11-15,17-21H,5,10,16,22-33H2,1-4H3,(H,55,56). The number of carboxylic acids is 1. The third-order valence-electron chi connectivity index (χ3n) is 12.3. The van der Waals surface area contributed by atoms with Gasteiger partial charge in [0.2, 0.25) is 0 Å². The lowest BCUT2D eigenvalue weighted by Gasteiger charge is -2.36. The monoisotopic (exact) mass is 863 g/mol. The van der Waals surface area contributed by atoms with Crippen LogP contribution in [0.25, 0.3) is 32.8 Å². The number of para-hydroxylation sites is 1. The van der Waals surface area contributed by atoms with Crippen LogP contribution in [0.4, 0.5) is 5.69 Å². The maximum atomic E-state index is 13.4. The molecule has 0 bridgehead atoms. The van der Waals surface area contributed by atoms with Gasteiger partial charge in [-0.05, 0) is 61.0 Å². The van der Waals surface area contributed by atoms with Crippen LogP contribution in [-0.2, 0) is 41.6 Å². The second-order valence-electron chi connectivity index (χ2n) is 16.0. The molecule has 6 aromatic rings. The fraction of sp³-hybridized carbons (Fsp3) is 0.404. The molecule has 2 aliphatic rings. The Labute approximate surface area is 364 Å². The molecule has 0 atom stereocenters. The van der Waals surface area contributed by atoms with Gasteiger partial charge >= 0.3 is 5.97 Å². The third-order valence-corrected chi connectivity index (χ3v) is 14.4. The number of nitrogens with zero attached hydrogens (tertiary/aromatic N) is 7. The molecule has 2 saturated heterocycles. The molecule has 14 nitrogen and oxygen atoms in total. The summed E-state index contributed by atoms with van der Waals surface area (Å²) in [6, 6.07) is 28.2. The van der Waals surface area contributed by atoms with Gasteiger partial charge in [-0.15, -0.1) is 0 Å². The van der Waals surface area contributed by atoms with Gasteiger partial charge in [0.05, 0.1) is 36.7 Å². The minimum atomic E-state index is -3.46. The Bertz CT molecular complexity index is 2620. The molecule has 0 saturated carbocycles. The molecule has 4 aromatic carbocycles. The van der Waals surface area contributed by atoms with Gasteiger partial charge in [-0.2, -0.15) is 22.1 Å². The zero-order chi connectivity index (χ0) is 43.4. The molecular formula is C47H57N7O7S. The van der Waals surface area contributed by atoms with Crippen LogP contribution >= 0.6 is 0 Å². The minimum Gasteiger partial charge on any atom is -0.493 e. The van der Waals surface area contributed by atoms with E-state index in [-0.39, 0.29) is 6.61 Å². The van der Waals surface area contributed by atoms with Gasteiger partial charge in [-0.3, -0.25) is 9.58 Å². The summed E-state index contributed by atoms with van der Waals surface area (Å²) in [6.07, 6.45) is 1.16. The molecule has 328 valence electrons. The van der Waals surface area contributed by atoms with Crippen LogP contribution in [0.3, 0.4) is 0 Å². The van der Waals surface area contributed by atoms with Crippen LogP contribution in [0.2, 0.25) is 0 Å². The van der Waals surface area contributed by atoms with Crippen molar-refractivity contribution in [3.05, 3.63) is 108 Å². The van der Waals surface area contributed by atoms with E-state index < -0.39 is 16.2 Å². The number of carbonyl (C=O) groups is 1. The summed E-state index contributed by atoms with van der Waals surface area (Å²) >= 11 is 0. The number of carboxylic acid groups (broad SMARTS) is 1. The largest absolute Gasteiger partial charge is 0.493 e. The Hall–Kier alpha value is -5.45. The van der Waals surface area contributed by atoms with Crippen LogP contribution in [-0.4, -0.2) is 127 Å². The lowest BCUT2D eigenvalue weighted by atomic mass is 9.98. The van der Waals surface area contributed by atoms with E-state index in [0.717, 1.165) is 74.3 Å². The molecule has 0 aliphatic carbocycles. The lowest BCUT2D eigenvalue weighted by molar-refractivity contribution is 0.0362. The van der Waals surface area contributed by atoms with Crippen molar-refractivity contribution in [2.45, 2.75) is 39.8 Å². The van der Waals surface area contributed by atoms with Crippen molar-refractivity contribution in [3.63, 3.8) is 0 Å². The van der Waals surface area contributed by atoms with Crippen LogP contribution in [0.15, 0.2) is 84.9 Å². The van der Waals surface area contributed by atoms with Crippen molar-refractivity contribution in [1.29, 1.82) is 0 Å². The number of ether oxygens (including phenoxy) is 3. The summed E-state index contributed by atoms with van der Waals surface area (Å²) in [7, 11) is 0.0705. The van der Waals surface area contributed by atoms with Crippen molar-refractivity contribution in [2.24, 2.45) is 7.05 Å². The zero-order valence-electron chi connectivity index (χ0n) is 36.1. The van der Waals surface area contributed by atoms with Crippen molar-refractivity contribution in [2.75, 3.05) is 84.1 Å². The first kappa shape index (κ1) is 43.2. The SMILES string of the molecule is CCN(C)S(=O)(=O)N1CCN(c2ccc(OCc3c(-c4cccc5c(CCCOc6cccc7ccccc67)c(C(=O)O)n(CCN6CCOCC6)c45)c(C)nn3C)cc2)CC1. The highest BCUT2D eigenvalue weighted by molar-refractivity contribution is 7.86. The van der Waals surface area contributed by atoms with Gasteiger partial charge in [0, 0.05) is 101 Å². The fourth-order valence-electron chi connectivity index (χ4n) is 8.89. The molecule has 2 aliphatic heterocycles. The number of rotatable bonds is 17. The number of piperazine rings is 1. The van der Waals surface area contributed by atoms with Gasteiger partial charge in [0.15, 0.2) is 0 Å². The maximum Gasteiger partial charge on any atom is 0.352 e. The molecule has 0 amide bonds. The number of aryl methyl sites for hydroxylation is 3. The molecule has 15 heteroatoms. The molecule has 4 heterocycles. The molecule has 0 radical (unpaired) electrons. The van der Waals surface area contributed by atoms with Gasteiger partial charge in [0.25, 0.3) is 10.2 Å². The molecule has 0 spiro atoms. The van der Waals surface area contributed by atoms with Gasteiger partial charge in [-0.25, -0.2) is 4.79 Å². The molecule has 2 fully saturated rings. The minimum absolute atomic E-state index is 0.239. The van der Waals surface area contributed by atoms with Crippen LogP contribution in [0.1, 0.15) is 40.8 Å². The summed E-state index contributed by atoms with van der Waals surface area (Å²) < 4.78 is 50.9. The number of hydrogen-bond acceptors (Lipinski definition) is 9. The van der Waals surface area contributed by atoms with Crippen molar-refractivity contribution in [3.8, 4) is 22.6 Å². The molecule has 1 N–H and O–H groups in total. The summed E-state index contributed by atoms with van der Waals surface area (Å²) in [6.45, 7) is 11.1. The van der Waals surface area contributed by atoms with Crippen LogP contribution in [0.5, 0.6) is 11.5 Å². The number of aromatic nitrogens is 3. The van der Waals surface area contributed by atoms with E-state index in [1.807, 2.05) is 90.8 Å². The quantitative estimate of drug-likeness (QED) is 0.102. The summed E-state index contributed by atoms with van der Waals surface area (Å²) in [5.41, 5.74) is 6.51. The van der Waals surface area contributed by atoms with Gasteiger partial charge in [-0.1, -0.05) is 61.5 Å². The Morgan fingerprint density at radius 3 is 2.32 bits per heavy atom. The van der Waals surface area contributed by atoms with Gasteiger partial charge in [0.1, 0.15) is 23.8 Å². The lowest BCUT2D eigenvalue weighted by Crippen LogP contribution is -2.52. The van der Waals surface area contributed by atoms with E-state index in [0.29, 0.717) is 89.9 Å². The number of morpholine rings is 1. The highest BCUT2D eigenvalue weighted by atomic mass is 32.2. The molecule has 62 heavy (non-hydrogen) atoms. The normalized spacial score (nSPS) is 15.5. The summed E-state index contributed by atoms with van der Waals surface area (Å²) in [5.74, 6) is 0.557. The fourth-order valence-corrected chi connectivity index (χ4v) is 10.2. The summed E-state index contributed by atoms with van der Waals surface area (Å²) in [5, 5.41) is 18.9. The van der Waals surface area contributed by atoms with E-state index in [2.05, 4.69) is 34.1 Å². The second-order valence-corrected chi connectivity index (χ2v) is 18.0. The predicted octanol–water partition coefficient (Wildman–Crippen LogP) is 6.44. The average Bonchev–Trinajstić information content (AvgIpc) is 3.77. The van der Waals surface area contributed by atoms with E-state index in [1.165, 1.54) is 4.31 Å². The summed E-state index contributed by atoms with van der Waals surface area (Å²) in [4.78, 5) is 17.9. The number of aromatic carboxylic acids is 1. The Kier molecular flexibility index (Phi) is 13.2. The molecular weight excluding hydrogens is 807 g/mol. The number of anilines is 1. The van der Waals surface area contributed by atoms with Crippen LogP contribution < -0.4 is 14.4 Å². The van der Waals surface area contributed by atoms with E-state index in [9.17, 15) is 18.3 Å². The smallest absolute Gasteiger partial charge is 0.352 e. The number of fused-ring (bicyclic) bond motifs is 2. The van der Waals surface area contributed by atoms with Crippen molar-refractivity contribution >= 4 is 43.5 Å². The van der Waals surface area contributed by atoms with Crippen LogP contribution in [0, 0.1) is 6.92 Å². The third kappa shape index (κ3) is 8.90. The zero-order valence-corrected chi connectivity index (χ0v) is 36.9. The predicted molar refractivity (Wildman–Crippen MR) is 243 cm³/mol. The maximum absolute atomic E-state index is 13.4.